The maximum atomic E-state index is 13.1. The topological polar surface area (TPSA) is 46.4 Å². The molecule has 1 fully saturated rings. The van der Waals surface area contributed by atoms with Crippen LogP contribution in [0.2, 0.25) is 0 Å². The number of quaternary nitrogens is 1. The molecule has 1 saturated heterocycles. The van der Waals surface area contributed by atoms with Gasteiger partial charge in [0.05, 0.1) is 36.8 Å². The van der Waals surface area contributed by atoms with Gasteiger partial charge in [-0.25, -0.2) is 4.98 Å². The number of carbonyl (C=O) groups is 1. The first kappa shape index (κ1) is 21.8. The number of likely N-dealkylation sites (tertiary alicyclic amines) is 1. The minimum Gasteiger partial charge on any atom is -0.346 e. The number of aromatic nitrogens is 1. The Hall–Kier alpha value is -2.37. The van der Waals surface area contributed by atoms with E-state index < -0.39 is 0 Å². The zero-order valence-electron chi connectivity index (χ0n) is 18.5. The fourth-order valence-corrected chi connectivity index (χ4v) is 5.20. The molecule has 0 aliphatic carbocycles. The molecule has 4 nitrogen and oxygen atoms in total. The molecule has 0 saturated carbocycles. The van der Waals surface area contributed by atoms with Crippen LogP contribution in [0, 0.1) is 0 Å². The lowest BCUT2D eigenvalue weighted by Crippen LogP contribution is -3.16. The monoisotopic (exact) mass is 434 g/mol. The van der Waals surface area contributed by atoms with Crippen molar-refractivity contribution in [3.05, 3.63) is 65.7 Å². The van der Waals surface area contributed by atoms with Crippen molar-refractivity contribution in [1.82, 2.24) is 10.3 Å². The summed E-state index contributed by atoms with van der Waals surface area (Å²) in [6.07, 6.45) is 4.95. The third kappa shape index (κ3) is 5.46. The van der Waals surface area contributed by atoms with E-state index in [1.54, 1.807) is 16.7 Å². The van der Waals surface area contributed by atoms with E-state index in [2.05, 4.69) is 43.4 Å². The van der Waals surface area contributed by atoms with E-state index >= 15 is 0 Å². The number of hydrogen-bond donors (Lipinski definition) is 2. The fraction of sp³-hybridized carbons (Fsp3) is 0.385. The first-order valence-electron chi connectivity index (χ1n) is 11.4. The van der Waals surface area contributed by atoms with Gasteiger partial charge in [-0.2, -0.15) is 0 Å². The van der Waals surface area contributed by atoms with Gasteiger partial charge < -0.3 is 10.2 Å². The summed E-state index contributed by atoms with van der Waals surface area (Å²) >= 11 is 1.60. The summed E-state index contributed by atoms with van der Waals surface area (Å²) in [5, 5.41) is 4.93. The molecule has 2 atom stereocenters. The number of amides is 1. The molecule has 2 heterocycles. The van der Waals surface area contributed by atoms with Crippen LogP contribution in [0.25, 0.3) is 10.9 Å². The maximum absolute atomic E-state index is 13.1. The first-order chi connectivity index (χ1) is 15.1. The number of carbonyl (C=O) groups excluding carboxylic acids is 1. The number of fused-ring (bicyclic) bond motifs is 1. The minimum atomic E-state index is -0.00848. The van der Waals surface area contributed by atoms with Crippen LogP contribution in [-0.4, -0.2) is 36.6 Å². The maximum Gasteiger partial charge on any atom is 0.252 e. The standard InChI is InChI=1S/C26H31N3OS/c1-3-20-11-13-21(14-12-20)31-25-18-23(22-9-4-5-10-24(22)28-25)26(30)27-15-17-29-16-7-6-8-19(29)2/h4-5,9-14,18-19H,3,6-8,15-17H2,1-2H3,(H,27,30)/p+1. The number of aryl methyl sites for hydroxylation is 1. The van der Waals surface area contributed by atoms with Crippen LogP contribution in [0.3, 0.4) is 0 Å². The third-order valence-corrected chi connectivity index (χ3v) is 7.23. The van der Waals surface area contributed by atoms with E-state index in [-0.39, 0.29) is 5.91 Å². The van der Waals surface area contributed by atoms with Gasteiger partial charge in [-0.15, -0.1) is 0 Å². The molecule has 1 aromatic heterocycles. The molecule has 0 bridgehead atoms. The lowest BCUT2D eigenvalue weighted by Gasteiger charge is -2.30. The molecule has 0 radical (unpaired) electrons. The number of benzene rings is 2. The summed E-state index contributed by atoms with van der Waals surface area (Å²) in [5.41, 5.74) is 2.89. The normalized spacial score (nSPS) is 18.8. The summed E-state index contributed by atoms with van der Waals surface area (Å²) in [5.74, 6) is -0.00848. The van der Waals surface area contributed by atoms with Crippen molar-refractivity contribution in [2.45, 2.75) is 55.5 Å². The Balaban J connectivity index is 1.50. The van der Waals surface area contributed by atoms with Crippen molar-refractivity contribution in [3.63, 3.8) is 0 Å². The van der Waals surface area contributed by atoms with E-state index in [0.717, 1.165) is 33.8 Å². The Kier molecular flexibility index (Phi) is 7.25. The lowest BCUT2D eigenvalue weighted by atomic mass is 10.0. The highest BCUT2D eigenvalue weighted by molar-refractivity contribution is 7.99. The van der Waals surface area contributed by atoms with Gasteiger partial charge >= 0.3 is 0 Å². The van der Waals surface area contributed by atoms with Crippen LogP contribution in [0.1, 0.15) is 49.0 Å². The molecule has 31 heavy (non-hydrogen) atoms. The quantitative estimate of drug-likeness (QED) is 0.588. The molecule has 2 unspecified atom stereocenters. The SMILES string of the molecule is CCc1ccc(Sc2cc(C(=O)NCC[NH+]3CCCCC3C)c3ccccc3n2)cc1. The average molecular weight is 435 g/mol. The number of para-hydroxylation sites is 1. The Labute approximate surface area is 189 Å². The smallest absolute Gasteiger partial charge is 0.252 e. The van der Waals surface area contributed by atoms with Gasteiger partial charge in [0, 0.05) is 10.3 Å². The molecule has 162 valence electrons. The second-order valence-electron chi connectivity index (χ2n) is 8.44. The molecular formula is C26H32N3OS+. The van der Waals surface area contributed by atoms with E-state index in [1.807, 2.05) is 30.3 Å². The van der Waals surface area contributed by atoms with Crippen molar-refractivity contribution in [3.8, 4) is 0 Å². The van der Waals surface area contributed by atoms with Crippen molar-refractivity contribution in [2.75, 3.05) is 19.6 Å². The van der Waals surface area contributed by atoms with Crippen LogP contribution in [0.15, 0.2) is 64.5 Å². The summed E-state index contributed by atoms with van der Waals surface area (Å²) in [6, 6.07) is 19.1. The lowest BCUT2D eigenvalue weighted by molar-refractivity contribution is -0.927. The van der Waals surface area contributed by atoms with E-state index in [0.29, 0.717) is 18.2 Å². The van der Waals surface area contributed by atoms with Gasteiger partial charge in [-0.3, -0.25) is 4.79 Å². The van der Waals surface area contributed by atoms with Crippen LogP contribution in [-0.2, 0) is 6.42 Å². The molecule has 3 aromatic rings. The van der Waals surface area contributed by atoms with Gasteiger partial charge in [-0.05, 0) is 62.4 Å². The molecular weight excluding hydrogens is 402 g/mol. The first-order valence-corrected chi connectivity index (χ1v) is 12.2. The second-order valence-corrected chi connectivity index (χ2v) is 9.53. The van der Waals surface area contributed by atoms with Gasteiger partial charge in [0.15, 0.2) is 0 Å². The molecule has 5 heteroatoms. The Morgan fingerprint density at radius 2 is 1.97 bits per heavy atom. The minimum absolute atomic E-state index is 0.00848. The van der Waals surface area contributed by atoms with Gasteiger partial charge in [-0.1, -0.05) is 49.0 Å². The Morgan fingerprint density at radius 3 is 2.74 bits per heavy atom. The highest BCUT2D eigenvalue weighted by atomic mass is 32.2. The number of hydrogen-bond acceptors (Lipinski definition) is 3. The van der Waals surface area contributed by atoms with E-state index in [9.17, 15) is 4.79 Å². The average Bonchev–Trinajstić information content (AvgIpc) is 2.80. The number of pyridine rings is 1. The van der Waals surface area contributed by atoms with Crippen molar-refractivity contribution in [1.29, 1.82) is 0 Å². The molecule has 1 aliphatic rings. The van der Waals surface area contributed by atoms with Crippen LogP contribution in [0.5, 0.6) is 0 Å². The number of piperidine rings is 1. The van der Waals surface area contributed by atoms with Crippen molar-refractivity contribution in [2.24, 2.45) is 0 Å². The second kappa shape index (κ2) is 10.3. The summed E-state index contributed by atoms with van der Waals surface area (Å²) in [7, 11) is 0. The number of rotatable bonds is 7. The van der Waals surface area contributed by atoms with E-state index in [1.165, 1.54) is 31.4 Å². The molecule has 1 aliphatic heterocycles. The molecule has 4 rings (SSSR count). The summed E-state index contributed by atoms with van der Waals surface area (Å²) < 4.78 is 0. The zero-order chi connectivity index (χ0) is 21.6. The summed E-state index contributed by atoms with van der Waals surface area (Å²) in [4.78, 5) is 20.7. The molecule has 0 spiro atoms. The predicted octanol–water partition coefficient (Wildman–Crippen LogP) is 4.14. The Bertz CT molecular complexity index is 1030. The van der Waals surface area contributed by atoms with E-state index in [4.69, 9.17) is 4.98 Å². The number of nitrogens with one attached hydrogen (secondary N) is 2. The highest BCUT2D eigenvalue weighted by Crippen LogP contribution is 2.30. The van der Waals surface area contributed by atoms with Crippen LogP contribution >= 0.6 is 11.8 Å². The van der Waals surface area contributed by atoms with Gasteiger partial charge in [0.25, 0.3) is 5.91 Å². The third-order valence-electron chi connectivity index (χ3n) is 6.30. The zero-order valence-corrected chi connectivity index (χ0v) is 19.3. The molecule has 1 amide bonds. The van der Waals surface area contributed by atoms with Crippen LogP contribution < -0.4 is 10.2 Å². The van der Waals surface area contributed by atoms with Crippen molar-refractivity contribution < 1.29 is 9.69 Å². The summed E-state index contributed by atoms with van der Waals surface area (Å²) in [6.45, 7) is 7.39. The Morgan fingerprint density at radius 1 is 1.16 bits per heavy atom. The fourth-order valence-electron chi connectivity index (χ4n) is 4.36. The predicted molar refractivity (Wildman–Crippen MR) is 128 cm³/mol. The highest BCUT2D eigenvalue weighted by Gasteiger charge is 2.21. The van der Waals surface area contributed by atoms with Crippen LogP contribution in [0.4, 0.5) is 0 Å². The van der Waals surface area contributed by atoms with Gasteiger partial charge in [0.2, 0.25) is 0 Å². The number of nitrogens with zero attached hydrogens (tertiary/aromatic N) is 1. The largest absolute Gasteiger partial charge is 0.346 e. The molecule has 2 N–H and O–H groups in total. The van der Waals surface area contributed by atoms with Crippen molar-refractivity contribution >= 4 is 28.6 Å². The van der Waals surface area contributed by atoms with Gasteiger partial charge in [0.1, 0.15) is 5.03 Å². The molecule has 2 aromatic carbocycles.